The molecule has 2 aromatic heterocycles. The van der Waals surface area contributed by atoms with Crippen molar-refractivity contribution in [2.24, 2.45) is 0 Å². The molecule has 0 fully saturated rings. The van der Waals surface area contributed by atoms with E-state index in [1.807, 2.05) is 12.1 Å². The second kappa shape index (κ2) is 7.70. The molecular weight excluding hydrogens is 334 g/mol. The smallest absolute Gasteiger partial charge is 0.228 e. The molecule has 3 aromatic rings. The van der Waals surface area contributed by atoms with Crippen LogP contribution in [0.25, 0.3) is 10.9 Å². The van der Waals surface area contributed by atoms with Crippen LogP contribution in [0.5, 0.6) is 0 Å². The van der Waals surface area contributed by atoms with Gasteiger partial charge in [-0.15, -0.1) is 0 Å². The largest absolute Gasteiger partial charge is 0.345 e. The summed E-state index contributed by atoms with van der Waals surface area (Å²) in [5.74, 6) is -0.0744. The predicted molar refractivity (Wildman–Crippen MR) is 103 cm³/mol. The van der Waals surface area contributed by atoms with Gasteiger partial charge in [0.15, 0.2) is 0 Å². The number of halogens is 1. The fraction of sp³-hybridized carbons (Fsp3) is 0.300. The Morgan fingerprint density at radius 3 is 2.84 bits per heavy atom. The average Bonchev–Trinajstić information content (AvgIpc) is 2.87. The molecule has 1 amide bonds. The number of para-hydroxylation sites is 1. The van der Waals surface area contributed by atoms with E-state index in [1.54, 1.807) is 12.3 Å². The Hall–Kier alpha value is -2.33. The molecule has 3 rings (SSSR count). The van der Waals surface area contributed by atoms with Crippen molar-refractivity contribution in [3.63, 3.8) is 0 Å². The number of carbonyl (C=O) groups is 1. The highest BCUT2D eigenvalue weighted by Gasteiger charge is 2.16. The van der Waals surface area contributed by atoms with Crippen LogP contribution in [0.4, 0.5) is 5.69 Å². The number of unbranched alkanes of at least 4 members (excludes halogenated alkanes) is 1. The topological polar surface area (TPSA) is 46.9 Å². The minimum absolute atomic E-state index is 0.0744. The van der Waals surface area contributed by atoms with Crippen LogP contribution in [0.3, 0.4) is 0 Å². The maximum Gasteiger partial charge on any atom is 0.228 e. The Kier molecular flexibility index (Phi) is 5.39. The van der Waals surface area contributed by atoms with Gasteiger partial charge in [0.25, 0.3) is 0 Å². The molecule has 0 bridgehead atoms. The van der Waals surface area contributed by atoms with Crippen LogP contribution >= 0.6 is 11.6 Å². The molecule has 0 saturated carbocycles. The van der Waals surface area contributed by atoms with E-state index in [0.29, 0.717) is 17.1 Å². The summed E-state index contributed by atoms with van der Waals surface area (Å²) >= 11 is 6.08. The minimum Gasteiger partial charge on any atom is -0.345 e. The van der Waals surface area contributed by atoms with Crippen LogP contribution in [0.1, 0.15) is 31.0 Å². The number of fused-ring (bicyclic) bond motifs is 1. The summed E-state index contributed by atoms with van der Waals surface area (Å²) in [5, 5.41) is 4.47. The first-order valence-corrected chi connectivity index (χ1v) is 8.95. The number of rotatable bonds is 6. The predicted octanol–water partition coefficient (Wildman–Crippen LogP) is 4.98. The summed E-state index contributed by atoms with van der Waals surface area (Å²) < 4.78 is 2.32. The molecule has 1 aromatic carbocycles. The van der Waals surface area contributed by atoms with Gasteiger partial charge in [-0.3, -0.25) is 9.78 Å². The van der Waals surface area contributed by atoms with Crippen LogP contribution in [-0.2, 0) is 17.8 Å². The number of hydrogen-bond acceptors (Lipinski definition) is 2. The molecule has 130 valence electrons. The van der Waals surface area contributed by atoms with Gasteiger partial charge in [-0.1, -0.05) is 43.1 Å². The summed E-state index contributed by atoms with van der Waals surface area (Å²) in [6.45, 7) is 5.26. The zero-order valence-corrected chi connectivity index (χ0v) is 15.3. The number of pyridine rings is 1. The molecule has 2 heterocycles. The van der Waals surface area contributed by atoms with Crippen molar-refractivity contribution in [3.8, 4) is 0 Å². The van der Waals surface area contributed by atoms with Crippen molar-refractivity contribution >= 4 is 34.1 Å². The third kappa shape index (κ3) is 3.69. The maximum absolute atomic E-state index is 12.6. The second-order valence-corrected chi connectivity index (χ2v) is 6.57. The Balaban J connectivity index is 1.89. The van der Waals surface area contributed by atoms with E-state index in [0.717, 1.165) is 36.0 Å². The van der Waals surface area contributed by atoms with Gasteiger partial charge in [-0.05, 0) is 31.0 Å². The normalized spacial score (nSPS) is 11.0. The van der Waals surface area contributed by atoms with E-state index in [-0.39, 0.29) is 5.91 Å². The maximum atomic E-state index is 12.6. The first kappa shape index (κ1) is 17.5. The number of benzene rings is 1. The number of aromatic nitrogens is 2. The molecule has 5 heteroatoms. The van der Waals surface area contributed by atoms with Crippen molar-refractivity contribution in [1.82, 2.24) is 9.55 Å². The van der Waals surface area contributed by atoms with Crippen molar-refractivity contribution in [1.29, 1.82) is 0 Å². The van der Waals surface area contributed by atoms with E-state index in [2.05, 4.69) is 40.8 Å². The zero-order valence-electron chi connectivity index (χ0n) is 14.6. The first-order chi connectivity index (χ1) is 12.1. The molecule has 1 N–H and O–H groups in total. The number of carbonyl (C=O) groups excluding carboxylic acids is 1. The lowest BCUT2D eigenvalue weighted by Crippen LogP contribution is -2.15. The van der Waals surface area contributed by atoms with Gasteiger partial charge in [0.1, 0.15) is 0 Å². The first-order valence-electron chi connectivity index (χ1n) is 8.58. The lowest BCUT2D eigenvalue weighted by Gasteiger charge is -2.09. The molecule has 0 saturated heterocycles. The van der Waals surface area contributed by atoms with Crippen molar-refractivity contribution < 1.29 is 4.79 Å². The van der Waals surface area contributed by atoms with Gasteiger partial charge in [0.05, 0.1) is 17.1 Å². The summed E-state index contributed by atoms with van der Waals surface area (Å²) in [5.41, 5.74) is 4.02. The number of aryl methyl sites for hydroxylation is 1. The molecule has 0 atom stereocenters. The fourth-order valence-electron chi connectivity index (χ4n) is 3.16. The highest BCUT2D eigenvalue weighted by Crippen LogP contribution is 2.27. The number of nitrogens with one attached hydrogen (secondary N) is 1. The number of hydrogen-bond donors (Lipinski definition) is 1. The molecule has 0 unspecified atom stereocenters. The summed E-state index contributed by atoms with van der Waals surface area (Å²) in [6, 6.07) is 9.99. The van der Waals surface area contributed by atoms with Gasteiger partial charge in [-0.2, -0.15) is 0 Å². The lowest BCUT2D eigenvalue weighted by atomic mass is 10.1. The van der Waals surface area contributed by atoms with Gasteiger partial charge in [-0.25, -0.2) is 0 Å². The van der Waals surface area contributed by atoms with E-state index in [9.17, 15) is 4.79 Å². The Bertz CT molecular complexity index is 901. The van der Waals surface area contributed by atoms with E-state index in [1.165, 1.54) is 11.7 Å². The van der Waals surface area contributed by atoms with E-state index < -0.39 is 0 Å². The van der Waals surface area contributed by atoms with Crippen LogP contribution in [-0.4, -0.2) is 15.5 Å². The summed E-state index contributed by atoms with van der Waals surface area (Å²) in [6.07, 6.45) is 5.73. The van der Waals surface area contributed by atoms with Crippen molar-refractivity contribution in [3.05, 3.63) is 59.0 Å². The quantitative estimate of drug-likeness (QED) is 0.677. The van der Waals surface area contributed by atoms with Crippen LogP contribution in [0.15, 0.2) is 42.7 Å². The molecular formula is C20H22ClN3O. The molecule has 0 aliphatic rings. The Morgan fingerprint density at radius 2 is 2.08 bits per heavy atom. The van der Waals surface area contributed by atoms with E-state index >= 15 is 0 Å². The fourth-order valence-corrected chi connectivity index (χ4v) is 3.33. The molecule has 25 heavy (non-hydrogen) atoms. The SMILES string of the molecule is CCCCn1c(C)c(CC(=O)Nc2ccncc2Cl)c2ccccc21. The minimum atomic E-state index is -0.0744. The van der Waals surface area contributed by atoms with Gasteiger partial charge < -0.3 is 9.88 Å². The molecule has 0 radical (unpaired) electrons. The van der Waals surface area contributed by atoms with Crippen LogP contribution in [0, 0.1) is 6.92 Å². The number of nitrogens with zero attached hydrogens (tertiary/aromatic N) is 2. The Labute approximate surface area is 152 Å². The molecule has 4 nitrogen and oxygen atoms in total. The van der Waals surface area contributed by atoms with Crippen LogP contribution < -0.4 is 5.32 Å². The zero-order chi connectivity index (χ0) is 17.8. The average molecular weight is 356 g/mol. The highest BCUT2D eigenvalue weighted by atomic mass is 35.5. The summed E-state index contributed by atoms with van der Waals surface area (Å²) in [4.78, 5) is 16.5. The molecule has 0 aliphatic heterocycles. The number of anilines is 1. The lowest BCUT2D eigenvalue weighted by molar-refractivity contribution is -0.115. The second-order valence-electron chi connectivity index (χ2n) is 6.17. The number of amides is 1. The molecule has 0 spiro atoms. The molecule has 0 aliphatic carbocycles. The standard InChI is InChI=1S/C20H22ClN3O/c1-3-4-11-24-14(2)16(15-7-5-6-8-19(15)24)12-20(25)23-18-9-10-22-13-17(18)21/h5-10,13H,3-4,11-12H2,1-2H3,(H,22,23,25). The Morgan fingerprint density at radius 1 is 1.28 bits per heavy atom. The van der Waals surface area contributed by atoms with E-state index in [4.69, 9.17) is 11.6 Å². The van der Waals surface area contributed by atoms with Crippen LogP contribution in [0.2, 0.25) is 5.02 Å². The third-order valence-corrected chi connectivity index (χ3v) is 4.78. The highest BCUT2D eigenvalue weighted by molar-refractivity contribution is 6.33. The summed E-state index contributed by atoms with van der Waals surface area (Å²) in [7, 11) is 0. The van der Waals surface area contributed by atoms with Gasteiger partial charge in [0, 0.05) is 35.5 Å². The monoisotopic (exact) mass is 355 g/mol. The third-order valence-electron chi connectivity index (χ3n) is 4.48. The van der Waals surface area contributed by atoms with Gasteiger partial charge >= 0.3 is 0 Å². The van der Waals surface area contributed by atoms with Crippen molar-refractivity contribution in [2.75, 3.05) is 5.32 Å². The van der Waals surface area contributed by atoms with Crippen molar-refractivity contribution in [2.45, 2.75) is 39.7 Å². The van der Waals surface area contributed by atoms with Gasteiger partial charge in [0.2, 0.25) is 5.91 Å².